The summed E-state index contributed by atoms with van der Waals surface area (Å²) in [7, 11) is 0. The highest BCUT2D eigenvalue weighted by molar-refractivity contribution is 5.98. The number of anilines is 2. The molecule has 0 aliphatic rings. The maximum atomic E-state index is 13.4. The van der Waals surface area contributed by atoms with Crippen molar-refractivity contribution in [1.29, 1.82) is 0 Å². The molecule has 0 spiro atoms. The van der Waals surface area contributed by atoms with Gasteiger partial charge in [-0.05, 0) is 37.1 Å². The lowest BCUT2D eigenvalue weighted by molar-refractivity contribution is -0.198. The van der Waals surface area contributed by atoms with E-state index < -0.39 is 60.1 Å². The summed E-state index contributed by atoms with van der Waals surface area (Å²) < 4.78 is 21.1. The fourth-order valence-electron chi connectivity index (χ4n) is 3.72. The van der Waals surface area contributed by atoms with Crippen LogP contribution in [0.2, 0.25) is 0 Å². The lowest BCUT2D eigenvalue weighted by atomic mass is 9.99. The Bertz CT molecular complexity index is 1180. The van der Waals surface area contributed by atoms with Crippen LogP contribution < -0.4 is 10.6 Å². The third-order valence-corrected chi connectivity index (χ3v) is 5.43. The maximum Gasteiger partial charge on any atom is 0.303 e. The second kappa shape index (κ2) is 14.4. The SMILES string of the molecule is CC(=O)O[C@H]([C@H](OC(C)=O)[C@H](OC(C)=O)C(=O)Nc1ccccc1C)[C@H](OC(C)=O)C(=O)Nc1ccccc1C. The molecule has 0 fully saturated rings. The fraction of sp³-hybridized carbons (Fsp3) is 0.357. The Morgan fingerprint density at radius 3 is 1.10 bits per heavy atom. The number of rotatable bonds is 11. The number of hydrogen-bond acceptors (Lipinski definition) is 10. The number of amides is 2. The Morgan fingerprint density at radius 2 is 0.825 bits per heavy atom. The van der Waals surface area contributed by atoms with Crippen molar-refractivity contribution in [3.05, 3.63) is 59.7 Å². The summed E-state index contributed by atoms with van der Waals surface area (Å²) in [5, 5.41) is 5.16. The molecule has 2 aromatic rings. The highest BCUT2D eigenvalue weighted by Crippen LogP contribution is 2.24. The average molecular weight is 557 g/mol. The molecule has 0 aliphatic carbocycles. The molecule has 2 amide bonds. The number of aryl methyl sites for hydroxylation is 2. The summed E-state index contributed by atoms with van der Waals surface area (Å²) in [6.45, 7) is 7.44. The Kier molecular flexibility index (Phi) is 11.4. The minimum Gasteiger partial charge on any atom is -0.454 e. The zero-order valence-electron chi connectivity index (χ0n) is 23.0. The molecule has 0 unspecified atom stereocenters. The Labute approximate surface area is 231 Å². The third kappa shape index (κ3) is 9.22. The Balaban J connectivity index is 2.62. The van der Waals surface area contributed by atoms with Crippen LogP contribution in [0, 0.1) is 13.8 Å². The fourth-order valence-corrected chi connectivity index (χ4v) is 3.72. The van der Waals surface area contributed by atoms with Gasteiger partial charge in [-0.15, -0.1) is 0 Å². The van der Waals surface area contributed by atoms with Gasteiger partial charge in [0.2, 0.25) is 12.2 Å². The predicted octanol–water partition coefficient (Wildman–Crippen LogP) is 2.61. The average Bonchev–Trinajstić information content (AvgIpc) is 2.85. The van der Waals surface area contributed by atoms with E-state index in [0.29, 0.717) is 22.5 Å². The topological polar surface area (TPSA) is 163 Å². The molecule has 0 aliphatic heterocycles. The standard InChI is InChI=1S/C28H32N2O10/c1-15-11-7-9-13-21(15)29-27(35)25(39-19(5)33)23(37-17(3)31)24(38-18(4)32)26(40-20(6)34)28(36)30-22-14-10-8-12-16(22)2/h7-14,23-26H,1-6H3,(H,29,35)(H,30,36)/t23-,24+,25-,26-/m0/s1. The first-order valence-electron chi connectivity index (χ1n) is 12.2. The molecule has 214 valence electrons. The molecule has 12 nitrogen and oxygen atoms in total. The van der Waals surface area contributed by atoms with Crippen molar-refractivity contribution in [1.82, 2.24) is 0 Å². The smallest absolute Gasteiger partial charge is 0.303 e. The quantitative estimate of drug-likeness (QED) is 0.311. The minimum absolute atomic E-state index is 0.351. The van der Waals surface area contributed by atoms with Crippen molar-refractivity contribution in [2.24, 2.45) is 0 Å². The first-order chi connectivity index (χ1) is 18.8. The van der Waals surface area contributed by atoms with Gasteiger partial charge in [-0.3, -0.25) is 28.8 Å². The summed E-state index contributed by atoms with van der Waals surface area (Å²) >= 11 is 0. The lowest BCUT2D eigenvalue weighted by Gasteiger charge is -2.34. The molecule has 0 bridgehead atoms. The first kappa shape index (κ1) is 31.5. The van der Waals surface area contributed by atoms with Crippen molar-refractivity contribution < 1.29 is 47.7 Å². The van der Waals surface area contributed by atoms with Crippen molar-refractivity contribution in [3.8, 4) is 0 Å². The van der Waals surface area contributed by atoms with Gasteiger partial charge in [-0.1, -0.05) is 36.4 Å². The summed E-state index contributed by atoms with van der Waals surface area (Å²) in [5.74, 6) is -5.76. The van der Waals surface area contributed by atoms with E-state index in [1.165, 1.54) is 0 Å². The summed E-state index contributed by atoms with van der Waals surface area (Å²) in [6.07, 6.45) is -7.70. The van der Waals surface area contributed by atoms with Gasteiger partial charge in [0.05, 0.1) is 0 Å². The van der Waals surface area contributed by atoms with E-state index in [0.717, 1.165) is 27.7 Å². The van der Waals surface area contributed by atoms with E-state index in [9.17, 15) is 28.8 Å². The molecule has 0 saturated carbocycles. The van der Waals surface area contributed by atoms with Gasteiger partial charge in [-0.2, -0.15) is 0 Å². The normalized spacial score (nSPS) is 13.4. The van der Waals surface area contributed by atoms with Gasteiger partial charge >= 0.3 is 23.9 Å². The number of carbonyl (C=O) groups excluding carboxylic acids is 6. The van der Waals surface area contributed by atoms with Gasteiger partial charge in [0, 0.05) is 39.1 Å². The van der Waals surface area contributed by atoms with Crippen LogP contribution in [0.25, 0.3) is 0 Å². The van der Waals surface area contributed by atoms with Crippen molar-refractivity contribution in [3.63, 3.8) is 0 Å². The van der Waals surface area contributed by atoms with E-state index in [2.05, 4.69) is 10.6 Å². The van der Waals surface area contributed by atoms with Crippen LogP contribution >= 0.6 is 0 Å². The van der Waals surface area contributed by atoms with E-state index in [1.54, 1.807) is 62.4 Å². The van der Waals surface area contributed by atoms with Gasteiger partial charge in [-0.25, -0.2) is 0 Å². The molecule has 0 radical (unpaired) electrons. The van der Waals surface area contributed by atoms with Gasteiger partial charge in [0.1, 0.15) is 0 Å². The summed E-state index contributed by atoms with van der Waals surface area (Å²) in [6, 6.07) is 13.4. The van der Waals surface area contributed by atoms with Crippen LogP contribution in [0.1, 0.15) is 38.8 Å². The number of carbonyl (C=O) groups is 6. The minimum atomic E-state index is -1.94. The molecule has 2 rings (SSSR count). The molecule has 0 heterocycles. The molecular weight excluding hydrogens is 524 g/mol. The van der Waals surface area contributed by atoms with Crippen LogP contribution in [0.15, 0.2) is 48.5 Å². The zero-order valence-corrected chi connectivity index (χ0v) is 23.0. The van der Waals surface area contributed by atoms with Crippen molar-refractivity contribution in [2.45, 2.75) is 66.0 Å². The Hall–Kier alpha value is -4.74. The largest absolute Gasteiger partial charge is 0.454 e. The molecule has 2 N–H and O–H groups in total. The molecule has 40 heavy (non-hydrogen) atoms. The van der Waals surface area contributed by atoms with Crippen LogP contribution in [-0.2, 0) is 47.7 Å². The number of esters is 4. The van der Waals surface area contributed by atoms with Crippen molar-refractivity contribution >= 4 is 47.1 Å². The molecular formula is C28H32N2O10. The number of nitrogens with one attached hydrogen (secondary N) is 2. The first-order valence-corrected chi connectivity index (χ1v) is 12.2. The lowest BCUT2D eigenvalue weighted by Crippen LogP contribution is -2.57. The van der Waals surface area contributed by atoms with Gasteiger partial charge < -0.3 is 29.6 Å². The van der Waals surface area contributed by atoms with Crippen molar-refractivity contribution in [2.75, 3.05) is 10.6 Å². The molecule has 2 aromatic carbocycles. The second-order valence-electron chi connectivity index (χ2n) is 8.82. The molecule has 0 aromatic heterocycles. The van der Waals surface area contributed by atoms with Crippen LogP contribution in [0.4, 0.5) is 11.4 Å². The van der Waals surface area contributed by atoms with E-state index in [4.69, 9.17) is 18.9 Å². The summed E-state index contributed by atoms with van der Waals surface area (Å²) in [4.78, 5) is 75.3. The maximum absolute atomic E-state index is 13.4. The van der Waals surface area contributed by atoms with Crippen LogP contribution in [0.5, 0.6) is 0 Å². The van der Waals surface area contributed by atoms with E-state index in [-0.39, 0.29) is 0 Å². The summed E-state index contributed by atoms with van der Waals surface area (Å²) in [5.41, 5.74) is 2.02. The number of ether oxygens (including phenoxy) is 4. The molecule has 4 atom stereocenters. The second-order valence-corrected chi connectivity index (χ2v) is 8.82. The molecule has 0 saturated heterocycles. The number of benzene rings is 2. The predicted molar refractivity (Wildman–Crippen MR) is 142 cm³/mol. The number of para-hydroxylation sites is 2. The van der Waals surface area contributed by atoms with Gasteiger partial charge in [0.25, 0.3) is 11.8 Å². The van der Waals surface area contributed by atoms with Gasteiger partial charge in [0.15, 0.2) is 12.2 Å². The zero-order chi connectivity index (χ0) is 30.0. The highest BCUT2D eigenvalue weighted by atomic mass is 16.6. The number of hydrogen-bond donors (Lipinski definition) is 2. The monoisotopic (exact) mass is 556 g/mol. The van der Waals surface area contributed by atoms with E-state index >= 15 is 0 Å². The Morgan fingerprint density at radius 1 is 0.525 bits per heavy atom. The third-order valence-electron chi connectivity index (χ3n) is 5.43. The van der Waals surface area contributed by atoms with Crippen LogP contribution in [0.3, 0.4) is 0 Å². The highest BCUT2D eigenvalue weighted by Gasteiger charge is 2.49. The van der Waals surface area contributed by atoms with E-state index in [1.807, 2.05) is 0 Å². The van der Waals surface area contributed by atoms with Crippen LogP contribution in [-0.4, -0.2) is 60.1 Å². The molecule has 12 heteroatoms.